The van der Waals surface area contributed by atoms with Gasteiger partial charge in [0.25, 0.3) is 0 Å². The van der Waals surface area contributed by atoms with Crippen molar-refractivity contribution in [3.8, 4) is 0 Å². The van der Waals surface area contributed by atoms with E-state index in [0.717, 1.165) is 4.88 Å². The van der Waals surface area contributed by atoms with Crippen LogP contribution in [-0.2, 0) is 4.79 Å². The van der Waals surface area contributed by atoms with Gasteiger partial charge >= 0.3 is 0 Å². The lowest BCUT2D eigenvalue weighted by Gasteiger charge is -1.91. The van der Waals surface area contributed by atoms with Gasteiger partial charge in [-0.3, -0.25) is 4.79 Å². The van der Waals surface area contributed by atoms with E-state index in [4.69, 9.17) is 0 Å². The zero-order valence-electron chi connectivity index (χ0n) is 4.50. The van der Waals surface area contributed by atoms with Crippen molar-refractivity contribution in [2.45, 2.75) is 4.83 Å². The van der Waals surface area contributed by atoms with Gasteiger partial charge in [-0.2, -0.15) is 0 Å². The van der Waals surface area contributed by atoms with Gasteiger partial charge in [-0.15, -0.1) is 11.3 Å². The van der Waals surface area contributed by atoms with Crippen LogP contribution >= 0.6 is 27.3 Å². The third-order valence-corrected chi connectivity index (χ3v) is 2.82. The lowest BCUT2D eigenvalue weighted by atomic mass is 10.4. The predicted molar refractivity (Wildman–Crippen MR) is 41.7 cm³/mol. The monoisotopic (exact) mass is 203 g/mol. The Morgan fingerprint density at radius 3 is 3.00 bits per heavy atom. The fraction of sp³-hybridized carbons (Fsp3) is 0.167. The molecule has 0 amide bonds. The molecule has 1 aromatic rings. The Morgan fingerprint density at radius 2 is 2.56 bits per heavy atom. The third-order valence-electron chi connectivity index (χ3n) is 0.896. The highest BCUT2D eigenvalue weighted by atomic mass is 79.9. The summed E-state index contributed by atoms with van der Waals surface area (Å²) in [6, 6.07) is 3.81. The first-order valence-corrected chi connectivity index (χ1v) is 4.19. The minimum Gasteiger partial charge on any atom is -0.289 e. The first-order chi connectivity index (χ1) is 4.34. The Bertz CT molecular complexity index is 183. The Labute approximate surface area is 65.8 Å². The summed E-state index contributed by atoms with van der Waals surface area (Å²) < 4.78 is 0. The summed E-state index contributed by atoms with van der Waals surface area (Å²) in [5.74, 6) is 0. The SMILES string of the molecule is O=[C]C(Br)c1cccs1. The van der Waals surface area contributed by atoms with Crippen LogP contribution in [0.4, 0.5) is 0 Å². The molecule has 9 heavy (non-hydrogen) atoms. The molecule has 0 aliphatic rings. The van der Waals surface area contributed by atoms with Crippen LogP contribution in [0.2, 0.25) is 0 Å². The van der Waals surface area contributed by atoms with Gasteiger partial charge < -0.3 is 0 Å². The molecule has 0 aliphatic heterocycles. The summed E-state index contributed by atoms with van der Waals surface area (Å²) in [7, 11) is 0. The third kappa shape index (κ3) is 1.63. The van der Waals surface area contributed by atoms with Crippen LogP contribution in [0.15, 0.2) is 17.5 Å². The fourth-order valence-corrected chi connectivity index (χ4v) is 1.61. The van der Waals surface area contributed by atoms with Crippen molar-refractivity contribution >= 4 is 33.6 Å². The van der Waals surface area contributed by atoms with E-state index < -0.39 is 0 Å². The second-order valence-electron chi connectivity index (χ2n) is 1.50. The van der Waals surface area contributed by atoms with E-state index in [1.807, 2.05) is 23.8 Å². The molecule has 47 valence electrons. The largest absolute Gasteiger partial charge is 0.289 e. The molecule has 1 radical (unpaired) electrons. The molecule has 1 heterocycles. The molecule has 0 bridgehead atoms. The number of rotatable bonds is 2. The first kappa shape index (κ1) is 6.96. The minimum absolute atomic E-state index is 0.238. The van der Waals surface area contributed by atoms with Crippen LogP contribution in [0, 0.1) is 0 Å². The van der Waals surface area contributed by atoms with E-state index >= 15 is 0 Å². The highest BCUT2D eigenvalue weighted by molar-refractivity contribution is 9.09. The number of hydrogen-bond donors (Lipinski definition) is 0. The summed E-state index contributed by atoms with van der Waals surface area (Å²) in [5.41, 5.74) is 0. The van der Waals surface area contributed by atoms with Crippen molar-refractivity contribution in [3.63, 3.8) is 0 Å². The van der Waals surface area contributed by atoms with Crippen molar-refractivity contribution < 1.29 is 4.79 Å². The molecule has 0 saturated carbocycles. The van der Waals surface area contributed by atoms with E-state index in [0.29, 0.717) is 0 Å². The average Bonchev–Trinajstić information content (AvgIpc) is 2.37. The topological polar surface area (TPSA) is 17.1 Å². The van der Waals surface area contributed by atoms with Gasteiger partial charge in [0.1, 0.15) is 4.83 Å². The lowest BCUT2D eigenvalue weighted by molar-refractivity contribution is 0.555. The molecule has 0 aromatic carbocycles. The van der Waals surface area contributed by atoms with E-state index in [9.17, 15) is 4.79 Å². The van der Waals surface area contributed by atoms with Crippen molar-refractivity contribution in [1.29, 1.82) is 0 Å². The molecule has 1 nitrogen and oxygen atoms in total. The van der Waals surface area contributed by atoms with E-state index in [1.54, 1.807) is 11.3 Å². The summed E-state index contributed by atoms with van der Waals surface area (Å²) in [6.45, 7) is 0. The maximum Gasteiger partial charge on any atom is 0.218 e. The first-order valence-electron chi connectivity index (χ1n) is 2.39. The molecule has 1 aromatic heterocycles. The van der Waals surface area contributed by atoms with Gasteiger partial charge in [0.15, 0.2) is 0 Å². The highest BCUT2D eigenvalue weighted by Gasteiger charge is 2.05. The van der Waals surface area contributed by atoms with E-state index in [2.05, 4.69) is 15.9 Å². The summed E-state index contributed by atoms with van der Waals surface area (Å²) in [6.07, 6.45) is 1.84. The molecule has 0 fully saturated rings. The molecule has 0 N–H and O–H groups in total. The molecular weight excluding hydrogens is 200 g/mol. The predicted octanol–water partition coefficient (Wildman–Crippen LogP) is 2.29. The standard InChI is InChI=1S/C6H4BrOS/c7-5(4-8)6-2-1-3-9-6/h1-3,5H. The summed E-state index contributed by atoms with van der Waals surface area (Å²) >= 11 is 4.70. The van der Waals surface area contributed by atoms with Gasteiger partial charge in [0, 0.05) is 4.88 Å². The van der Waals surface area contributed by atoms with Crippen molar-refractivity contribution in [2.75, 3.05) is 0 Å². The summed E-state index contributed by atoms with van der Waals surface area (Å²) in [5, 5.41) is 1.93. The van der Waals surface area contributed by atoms with E-state index in [-0.39, 0.29) is 4.83 Å². The maximum atomic E-state index is 10.0. The Kier molecular flexibility index (Phi) is 2.42. The zero-order valence-corrected chi connectivity index (χ0v) is 6.91. The number of hydrogen-bond acceptors (Lipinski definition) is 2. The molecule has 1 unspecified atom stereocenters. The molecule has 1 rings (SSSR count). The fourth-order valence-electron chi connectivity index (χ4n) is 0.494. The normalized spacial score (nSPS) is 13.0. The van der Waals surface area contributed by atoms with Crippen LogP contribution in [0.1, 0.15) is 9.70 Å². The number of alkyl halides is 1. The number of carbonyl (C=O) groups excluding carboxylic acids is 1. The van der Waals surface area contributed by atoms with E-state index in [1.165, 1.54) is 0 Å². The minimum atomic E-state index is -0.238. The molecular formula is C6H4BrOS. The average molecular weight is 204 g/mol. The second kappa shape index (κ2) is 3.13. The maximum absolute atomic E-state index is 10.0. The molecule has 0 spiro atoms. The Hall–Kier alpha value is -0.150. The van der Waals surface area contributed by atoms with Crippen molar-refractivity contribution in [3.05, 3.63) is 22.4 Å². The molecule has 1 atom stereocenters. The van der Waals surface area contributed by atoms with Crippen LogP contribution < -0.4 is 0 Å². The van der Waals surface area contributed by atoms with Gasteiger partial charge in [-0.1, -0.05) is 22.0 Å². The van der Waals surface area contributed by atoms with Gasteiger partial charge in [0.05, 0.1) is 0 Å². The van der Waals surface area contributed by atoms with Gasteiger partial charge in [-0.25, -0.2) is 0 Å². The van der Waals surface area contributed by atoms with Crippen molar-refractivity contribution in [2.24, 2.45) is 0 Å². The van der Waals surface area contributed by atoms with Gasteiger partial charge in [-0.05, 0) is 11.4 Å². The van der Waals surface area contributed by atoms with Crippen LogP contribution in [0.3, 0.4) is 0 Å². The number of halogens is 1. The summed E-state index contributed by atoms with van der Waals surface area (Å²) in [4.78, 5) is 10.8. The zero-order chi connectivity index (χ0) is 6.69. The van der Waals surface area contributed by atoms with Crippen LogP contribution in [0.5, 0.6) is 0 Å². The highest BCUT2D eigenvalue weighted by Crippen LogP contribution is 2.23. The molecule has 3 heteroatoms. The van der Waals surface area contributed by atoms with Crippen LogP contribution in [-0.4, -0.2) is 6.29 Å². The molecule has 0 aliphatic carbocycles. The lowest BCUT2D eigenvalue weighted by Crippen LogP contribution is -1.83. The van der Waals surface area contributed by atoms with Crippen molar-refractivity contribution in [1.82, 2.24) is 0 Å². The quantitative estimate of drug-likeness (QED) is 0.675. The Balaban J connectivity index is 2.76. The van der Waals surface area contributed by atoms with Crippen LogP contribution in [0.25, 0.3) is 0 Å². The smallest absolute Gasteiger partial charge is 0.218 e. The second-order valence-corrected chi connectivity index (χ2v) is 3.39. The van der Waals surface area contributed by atoms with Gasteiger partial charge in [0.2, 0.25) is 6.29 Å². The molecule has 0 saturated heterocycles. The Morgan fingerprint density at radius 1 is 1.78 bits per heavy atom. The number of thiophene rings is 1.